The van der Waals surface area contributed by atoms with Gasteiger partial charge < -0.3 is 18.0 Å². The van der Waals surface area contributed by atoms with Crippen LogP contribution < -0.4 is 0 Å². The van der Waals surface area contributed by atoms with Crippen molar-refractivity contribution in [2.75, 3.05) is 21.3 Å². The second-order valence-electron chi connectivity index (χ2n) is 9.92. The molecule has 2 aliphatic carbocycles. The molecule has 0 aromatic heterocycles. The molecule has 0 aromatic rings. The average Bonchev–Trinajstić information content (AvgIpc) is 3.10. The number of Topliss-reactive ketones (excluding diaryl/α,β-unsaturated/α-hetero) is 1. The lowest BCUT2D eigenvalue weighted by Gasteiger charge is -2.41. The summed E-state index contributed by atoms with van der Waals surface area (Å²) in [5, 5.41) is 0. The number of ether oxygens (including phenoxy) is 1. The molecule has 0 amide bonds. The number of carbonyl (C=O) groups is 1. The van der Waals surface area contributed by atoms with Gasteiger partial charge >= 0.3 is 8.80 Å². The van der Waals surface area contributed by atoms with Crippen LogP contribution in [0.3, 0.4) is 0 Å². The summed E-state index contributed by atoms with van der Waals surface area (Å²) in [6.45, 7) is 13.0. The quantitative estimate of drug-likeness (QED) is 0.535. The van der Waals surface area contributed by atoms with E-state index in [1.165, 1.54) is 0 Å². The molecule has 0 aliphatic heterocycles. The van der Waals surface area contributed by atoms with Gasteiger partial charge in [0, 0.05) is 33.8 Å². The Morgan fingerprint density at radius 1 is 1.07 bits per heavy atom. The van der Waals surface area contributed by atoms with Crippen molar-refractivity contribution in [1.29, 1.82) is 0 Å². The zero-order chi connectivity index (χ0) is 20.7. The van der Waals surface area contributed by atoms with E-state index < -0.39 is 8.80 Å². The molecule has 2 saturated carbocycles. The monoisotopic (exact) mass is 400 g/mol. The minimum absolute atomic E-state index is 0.00302. The highest BCUT2D eigenvalue weighted by Crippen LogP contribution is 2.76. The van der Waals surface area contributed by atoms with Crippen LogP contribution in [-0.2, 0) is 22.8 Å². The van der Waals surface area contributed by atoms with E-state index in [1.807, 2.05) is 0 Å². The first-order chi connectivity index (χ1) is 12.4. The number of fused-ring (bicyclic) bond motifs is 1. The van der Waals surface area contributed by atoms with Gasteiger partial charge in [-0.1, -0.05) is 20.8 Å². The molecule has 27 heavy (non-hydrogen) atoms. The maximum Gasteiger partial charge on any atom is 0.500 e. The van der Waals surface area contributed by atoms with Crippen LogP contribution in [0.25, 0.3) is 0 Å². The normalized spacial score (nSPS) is 32.9. The van der Waals surface area contributed by atoms with Crippen molar-refractivity contribution in [2.45, 2.75) is 85.0 Å². The third kappa shape index (κ3) is 3.93. The molecule has 0 N–H and O–H groups in total. The third-order valence-corrected chi connectivity index (χ3v) is 9.87. The van der Waals surface area contributed by atoms with Gasteiger partial charge in [0.15, 0.2) is 0 Å². The molecule has 6 heteroatoms. The van der Waals surface area contributed by atoms with Crippen LogP contribution >= 0.6 is 0 Å². The van der Waals surface area contributed by atoms with Crippen molar-refractivity contribution in [1.82, 2.24) is 0 Å². The van der Waals surface area contributed by atoms with Crippen molar-refractivity contribution in [3.8, 4) is 0 Å². The van der Waals surface area contributed by atoms with Crippen LogP contribution in [0.2, 0.25) is 6.04 Å². The third-order valence-electron chi connectivity index (χ3n) is 7.04. The summed E-state index contributed by atoms with van der Waals surface area (Å²) in [6.07, 6.45) is 3.50. The summed E-state index contributed by atoms with van der Waals surface area (Å²) < 4.78 is 23.0. The van der Waals surface area contributed by atoms with Gasteiger partial charge in [0.1, 0.15) is 5.78 Å². The fourth-order valence-electron chi connectivity index (χ4n) is 5.62. The molecule has 2 aliphatic rings. The second kappa shape index (κ2) is 7.86. The van der Waals surface area contributed by atoms with Gasteiger partial charge in [-0.2, -0.15) is 0 Å². The lowest BCUT2D eigenvalue weighted by molar-refractivity contribution is -0.156. The van der Waals surface area contributed by atoms with E-state index >= 15 is 0 Å². The largest absolute Gasteiger partial charge is 0.500 e. The summed E-state index contributed by atoms with van der Waals surface area (Å²) in [4.78, 5) is 13.6. The van der Waals surface area contributed by atoms with E-state index in [1.54, 1.807) is 21.3 Å². The first-order valence-corrected chi connectivity index (χ1v) is 12.2. The fraction of sp³-hybridized carbons (Fsp3) is 0.952. The molecule has 2 fully saturated rings. The van der Waals surface area contributed by atoms with E-state index in [9.17, 15) is 4.79 Å². The van der Waals surface area contributed by atoms with Crippen molar-refractivity contribution >= 4 is 14.6 Å². The standard InChI is InChI=1S/C21H40O5Si/c1-15-12-13-16-20(5,6)21(16,18(15)26-19(2,3)4)17(22)11-10-14-27(23-7,24-8)25-9/h15-16,18H,10-14H2,1-9H3. The lowest BCUT2D eigenvalue weighted by Crippen LogP contribution is -2.47. The molecule has 2 rings (SSSR count). The molecule has 0 saturated heterocycles. The predicted molar refractivity (Wildman–Crippen MR) is 109 cm³/mol. The van der Waals surface area contributed by atoms with Crippen LogP contribution in [0.4, 0.5) is 0 Å². The minimum Gasteiger partial charge on any atom is -0.377 e. The number of carbonyl (C=O) groups excluding carboxylic acids is 1. The summed E-state index contributed by atoms with van der Waals surface area (Å²) >= 11 is 0. The molecule has 0 radical (unpaired) electrons. The van der Waals surface area contributed by atoms with Gasteiger partial charge in [-0.05, 0) is 57.3 Å². The Bertz CT molecular complexity index is 529. The van der Waals surface area contributed by atoms with E-state index in [0.717, 1.165) is 19.3 Å². The number of rotatable bonds is 9. The molecular weight excluding hydrogens is 360 g/mol. The molecule has 0 spiro atoms. The molecule has 0 heterocycles. The molecular formula is C21H40O5Si. The molecule has 4 atom stereocenters. The maximum atomic E-state index is 13.6. The van der Waals surface area contributed by atoms with Gasteiger partial charge in [-0.25, -0.2) is 0 Å². The number of ketones is 1. The predicted octanol–water partition coefficient (Wildman–Crippen LogP) is 4.47. The molecule has 5 nitrogen and oxygen atoms in total. The summed E-state index contributed by atoms with van der Waals surface area (Å²) in [6, 6.07) is 0.657. The van der Waals surface area contributed by atoms with E-state index in [2.05, 4.69) is 41.5 Å². The van der Waals surface area contributed by atoms with Crippen molar-refractivity contribution in [3.05, 3.63) is 0 Å². The zero-order valence-corrected chi connectivity index (χ0v) is 19.8. The molecule has 0 aromatic carbocycles. The van der Waals surface area contributed by atoms with Gasteiger partial charge in [0.05, 0.1) is 17.1 Å². The average molecular weight is 401 g/mol. The van der Waals surface area contributed by atoms with E-state index in [-0.39, 0.29) is 22.5 Å². The Kier molecular flexibility index (Phi) is 6.70. The minimum atomic E-state index is -2.63. The van der Waals surface area contributed by atoms with Crippen molar-refractivity contribution < 1.29 is 22.8 Å². The molecule has 158 valence electrons. The summed E-state index contributed by atoms with van der Waals surface area (Å²) in [7, 11) is 2.23. The van der Waals surface area contributed by atoms with Gasteiger partial charge in [-0.15, -0.1) is 0 Å². The van der Waals surface area contributed by atoms with Gasteiger partial charge in [-0.3, -0.25) is 4.79 Å². The van der Waals surface area contributed by atoms with Crippen LogP contribution in [0.15, 0.2) is 0 Å². The van der Waals surface area contributed by atoms with Crippen molar-refractivity contribution in [3.63, 3.8) is 0 Å². The van der Waals surface area contributed by atoms with E-state index in [4.69, 9.17) is 18.0 Å². The maximum absolute atomic E-state index is 13.6. The first-order valence-electron chi connectivity index (χ1n) is 10.3. The SMILES string of the molecule is CO[Si](CCCC(=O)C12C(OC(C)(C)C)C(C)CCC1C2(C)C)(OC)OC. The van der Waals surface area contributed by atoms with Crippen LogP contribution in [0.1, 0.15) is 67.2 Å². The Morgan fingerprint density at radius 2 is 1.63 bits per heavy atom. The van der Waals surface area contributed by atoms with Gasteiger partial charge in [0.2, 0.25) is 0 Å². The first kappa shape index (κ1) is 23.0. The van der Waals surface area contributed by atoms with Gasteiger partial charge in [0.25, 0.3) is 0 Å². The topological polar surface area (TPSA) is 54.0 Å². The second-order valence-corrected chi connectivity index (χ2v) is 13.0. The highest BCUT2D eigenvalue weighted by Gasteiger charge is 2.79. The number of hydrogen-bond donors (Lipinski definition) is 0. The summed E-state index contributed by atoms with van der Waals surface area (Å²) in [5.41, 5.74) is -0.602. The Hall–Kier alpha value is -0.273. The number of hydrogen-bond acceptors (Lipinski definition) is 5. The highest BCUT2D eigenvalue weighted by molar-refractivity contribution is 6.60. The van der Waals surface area contributed by atoms with Crippen LogP contribution in [0.5, 0.6) is 0 Å². The van der Waals surface area contributed by atoms with Crippen molar-refractivity contribution in [2.24, 2.45) is 22.7 Å². The summed E-state index contributed by atoms with van der Waals surface area (Å²) in [5.74, 6) is 1.18. The zero-order valence-electron chi connectivity index (χ0n) is 18.8. The molecule has 4 unspecified atom stereocenters. The lowest BCUT2D eigenvalue weighted by atomic mass is 9.73. The van der Waals surface area contributed by atoms with Crippen LogP contribution in [0, 0.1) is 22.7 Å². The Morgan fingerprint density at radius 3 is 2.11 bits per heavy atom. The van der Waals surface area contributed by atoms with Crippen LogP contribution in [-0.4, -0.2) is 47.6 Å². The van der Waals surface area contributed by atoms with E-state index in [0.29, 0.717) is 30.1 Å². The smallest absolute Gasteiger partial charge is 0.377 e. The Balaban J connectivity index is 2.17. The highest BCUT2D eigenvalue weighted by atomic mass is 28.4. The Labute approximate surface area is 166 Å². The molecule has 0 bridgehead atoms. The fourth-order valence-corrected chi connectivity index (χ4v) is 7.34.